The molecule has 0 amide bonds. The normalized spacial score (nSPS) is 14.0. The zero-order valence-electron chi connectivity index (χ0n) is 17.1. The number of rotatable bonds is 4. The molecule has 32 heavy (non-hydrogen) atoms. The van der Waals surface area contributed by atoms with Crippen LogP contribution in [0.4, 0.5) is 17.2 Å². The number of aromatic nitrogens is 3. The molecule has 0 bridgehead atoms. The molecule has 1 fully saturated rings. The van der Waals surface area contributed by atoms with E-state index in [-0.39, 0.29) is 5.56 Å². The van der Waals surface area contributed by atoms with Crippen molar-refractivity contribution in [3.8, 4) is 5.69 Å². The Morgan fingerprint density at radius 2 is 1.69 bits per heavy atom. The van der Waals surface area contributed by atoms with Crippen molar-refractivity contribution in [3.05, 3.63) is 81.5 Å². The van der Waals surface area contributed by atoms with Gasteiger partial charge in [-0.15, -0.1) is 0 Å². The summed E-state index contributed by atoms with van der Waals surface area (Å²) in [5, 5.41) is 7.76. The number of hydrogen-bond acceptors (Lipinski definition) is 6. The topological polar surface area (TPSA) is 75.1 Å². The molecule has 0 aliphatic carbocycles. The van der Waals surface area contributed by atoms with Gasteiger partial charge in [0.1, 0.15) is 12.1 Å². The first-order valence-corrected chi connectivity index (χ1v) is 11.0. The molecule has 7 nitrogen and oxygen atoms in total. The number of halogens is 2. The molecule has 1 saturated heterocycles. The number of piperazine rings is 1. The van der Waals surface area contributed by atoms with Crippen LogP contribution in [0.5, 0.6) is 0 Å². The summed E-state index contributed by atoms with van der Waals surface area (Å²) >= 11 is 12.5. The first kappa shape index (κ1) is 20.8. The Morgan fingerprint density at radius 3 is 2.41 bits per heavy atom. The lowest BCUT2D eigenvalue weighted by molar-refractivity contribution is 0.589. The van der Waals surface area contributed by atoms with Gasteiger partial charge in [-0.05, 0) is 36.4 Å². The fourth-order valence-electron chi connectivity index (χ4n) is 3.79. The average molecular weight is 467 g/mol. The van der Waals surface area contributed by atoms with E-state index in [1.807, 2.05) is 12.1 Å². The summed E-state index contributed by atoms with van der Waals surface area (Å²) in [7, 11) is 0. The van der Waals surface area contributed by atoms with Crippen LogP contribution in [-0.4, -0.2) is 40.7 Å². The van der Waals surface area contributed by atoms with Crippen molar-refractivity contribution in [2.75, 3.05) is 36.4 Å². The second kappa shape index (κ2) is 8.78. The molecule has 3 heterocycles. The Morgan fingerprint density at radius 1 is 0.969 bits per heavy atom. The lowest BCUT2D eigenvalue weighted by atomic mass is 10.2. The van der Waals surface area contributed by atoms with Gasteiger partial charge < -0.3 is 15.5 Å². The SMILES string of the molecule is O=c1c2cnc(Nc3ccc(N4CCNCC4)cc3)cc2ncn1-c1c(Cl)cccc1Cl. The number of nitrogens with one attached hydrogen (secondary N) is 2. The third-order valence-corrected chi connectivity index (χ3v) is 6.05. The summed E-state index contributed by atoms with van der Waals surface area (Å²) < 4.78 is 1.34. The third kappa shape index (κ3) is 4.02. The number of hydrogen-bond donors (Lipinski definition) is 2. The molecule has 0 spiro atoms. The van der Waals surface area contributed by atoms with Crippen LogP contribution in [-0.2, 0) is 0 Å². The van der Waals surface area contributed by atoms with Crippen LogP contribution in [0, 0.1) is 0 Å². The number of para-hydroxylation sites is 1. The van der Waals surface area contributed by atoms with E-state index in [9.17, 15) is 4.79 Å². The van der Waals surface area contributed by atoms with Gasteiger partial charge in [0.15, 0.2) is 0 Å². The van der Waals surface area contributed by atoms with Crippen molar-refractivity contribution in [3.63, 3.8) is 0 Å². The number of anilines is 3. The summed E-state index contributed by atoms with van der Waals surface area (Å²) in [5.41, 5.74) is 2.76. The monoisotopic (exact) mass is 466 g/mol. The highest BCUT2D eigenvalue weighted by Gasteiger charge is 2.13. The van der Waals surface area contributed by atoms with Gasteiger partial charge in [0.05, 0.1) is 26.6 Å². The molecule has 1 aliphatic heterocycles. The van der Waals surface area contributed by atoms with Gasteiger partial charge in [0, 0.05) is 49.8 Å². The van der Waals surface area contributed by atoms with Crippen molar-refractivity contribution in [2.24, 2.45) is 0 Å². The fourth-order valence-corrected chi connectivity index (χ4v) is 4.37. The highest BCUT2D eigenvalue weighted by Crippen LogP contribution is 2.28. The summed E-state index contributed by atoms with van der Waals surface area (Å²) in [6, 6.07) is 15.1. The summed E-state index contributed by atoms with van der Waals surface area (Å²) in [4.78, 5) is 24.2. The van der Waals surface area contributed by atoms with Crippen LogP contribution in [0.15, 0.2) is 65.8 Å². The Balaban J connectivity index is 1.41. The molecule has 0 atom stereocenters. The molecule has 1 aliphatic rings. The maximum Gasteiger partial charge on any atom is 0.267 e. The summed E-state index contributed by atoms with van der Waals surface area (Å²) in [6.07, 6.45) is 2.95. The van der Waals surface area contributed by atoms with Gasteiger partial charge in [-0.25, -0.2) is 9.97 Å². The zero-order chi connectivity index (χ0) is 22.1. The minimum absolute atomic E-state index is 0.288. The van der Waals surface area contributed by atoms with Crippen molar-refractivity contribution >= 4 is 51.3 Å². The molecule has 4 aromatic rings. The van der Waals surface area contributed by atoms with Gasteiger partial charge in [0.25, 0.3) is 5.56 Å². The third-order valence-electron chi connectivity index (χ3n) is 5.44. The molecular formula is C23H20Cl2N6O. The highest BCUT2D eigenvalue weighted by molar-refractivity contribution is 6.37. The molecule has 2 aromatic carbocycles. The van der Waals surface area contributed by atoms with Crippen molar-refractivity contribution in [2.45, 2.75) is 0 Å². The molecule has 0 unspecified atom stereocenters. The van der Waals surface area contributed by atoms with Crippen molar-refractivity contribution in [1.29, 1.82) is 0 Å². The van der Waals surface area contributed by atoms with Gasteiger partial charge >= 0.3 is 0 Å². The summed E-state index contributed by atoms with van der Waals surface area (Å²) in [6.45, 7) is 4.00. The molecule has 2 aromatic heterocycles. The van der Waals surface area contributed by atoms with Crippen LogP contribution in [0.2, 0.25) is 10.0 Å². The lowest BCUT2D eigenvalue weighted by Gasteiger charge is -2.29. The maximum absolute atomic E-state index is 13.0. The Labute approximate surface area is 194 Å². The largest absolute Gasteiger partial charge is 0.369 e. The van der Waals surface area contributed by atoms with Crippen LogP contribution in [0.1, 0.15) is 0 Å². The predicted octanol–water partition coefficient (Wildman–Crippen LogP) is 4.24. The van der Waals surface area contributed by atoms with E-state index < -0.39 is 0 Å². The lowest BCUT2D eigenvalue weighted by Crippen LogP contribution is -2.43. The summed E-state index contributed by atoms with van der Waals surface area (Å²) in [5.74, 6) is 0.604. The maximum atomic E-state index is 13.0. The van der Waals surface area contributed by atoms with E-state index in [0.29, 0.717) is 32.5 Å². The van der Waals surface area contributed by atoms with Crippen LogP contribution in [0.3, 0.4) is 0 Å². The van der Waals surface area contributed by atoms with E-state index >= 15 is 0 Å². The van der Waals surface area contributed by atoms with E-state index in [2.05, 4.69) is 37.6 Å². The van der Waals surface area contributed by atoms with Crippen LogP contribution in [0.25, 0.3) is 16.6 Å². The molecular weight excluding hydrogens is 447 g/mol. The van der Waals surface area contributed by atoms with E-state index in [4.69, 9.17) is 23.2 Å². The molecule has 2 N–H and O–H groups in total. The van der Waals surface area contributed by atoms with Crippen LogP contribution < -0.4 is 21.1 Å². The smallest absolute Gasteiger partial charge is 0.267 e. The minimum atomic E-state index is -0.288. The Bertz CT molecular complexity index is 1310. The molecule has 0 radical (unpaired) electrons. The molecule has 9 heteroatoms. The van der Waals surface area contributed by atoms with E-state index in [1.54, 1.807) is 24.3 Å². The number of nitrogens with zero attached hydrogens (tertiary/aromatic N) is 4. The molecule has 5 rings (SSSR count). The average Bonchev–Trinajstić information content (AvgIpc) is 2.81. The van der Waals surface area contributed by atoms with Gasteiger partial charge in [-0.3, -0.25) is 9.36 Å². The van der Waals surface area contributed by atoms with Crippen molar-refractivity contribution < 1.29 is 0 Å². The number of benzene rings is 2. The van der Waals surface area contributed by atoms with Gasteiger partial charge in [-0.1, -0.05) is 29.3 Å². The van der Waals surface area contributed by atoms with E-state index in [0.717, 1.165) is 31.9 Å². The Hall–Kier alpha value is -3.13. The molecule has 0 saturated carbocycles. The van der Waals surface area contributed by atoms with Gasteiger partial charge in [-0.2, -0.15) is 0 Å². The predicted molar refractivity (Wildman–Crippen MR) is 130 cm³/mol. The standard InChI is InChI=1S/C23H20Cl2N6O/c24-18-2-1-3-19(25)22(18)31-14-28-20-12-21(27-13-17(20)23(31)32)29-15-4-6-16(7-5-15)30-10-8-26-9-11-30/h1-7,12-14,26H,8-11H2,(H,27,29). The fraction of sp³-hybridized carbons (Fsp3) is 0.174. The van der Waals surface area contributed by atoms with Crippen molar-refractivity contribution in [1.82, 2.24) is 19.9 Å². The minimum Gasteiger partial charge on any atom is -0.369 e. The molecule has 162 valence electrons. The highest BCUT2D eigenvalue weighted by atomic mass is 35.5. The van der Waals surface area contributed by atoms with E-state index in [1.165, 1.54) is 22.8 Å². The van der Waals surface area contributed by atoms with Crippen LogP contribution >= 0.6 is 23.2 Å². The quantitative estimate of drug-likeness (QED) is 0.468. The first-order valence-electron chi connectivity index (χ1n) is 10.2. The number of pyridine rings is 1. The number of fused-ring (bicyclic) bond motifs is 1. The Kier molecular flexibility index (Phi) is 5.70. The first-order chi connectivity index (χ1) is 15.6. The zero-order valence-corrected chi connectivity index (χ0v) is 18.6. The second-order valence-electron chi connectivity index (χ2n) is 7.49. The van der Waals surface area contributed by atoms with Gasteiger partial charge in [0.2, 0.25) is 0 Å². The second-order valence-corrected chi connectivity index (χ2v) is 8.30.